The first-order chi connectivity index (χ1) is 5.32. The van der Waals surface area contributed by atoms with Crippen LogP contribution in [0.1, 0.15) is 32.6 Å². The molecule has 2 aliphatic heterocycles. The maximum Gasteiger partial charge on any atom is 0.0238 e. The molecule has 62 valence electrons. The SMILES string of the molecule is CC12[C@@H]3CC[C@H]1CCN2CC3. The van der Waals surface area contributed by atoms with Crippen molar-refractivity contribution in [2.75, 3.05) is 13.1 Å². The van der Waals surface area contributed by atoms with Gasteiger partial charge in [0, 0.05) is 5.54 Å². The lowest BCUT2D eigenvalue weighted by Gasteiger charge is -2.32. The molecule has 3 fully saturated rings. The van der Waals surface area contributed by atoms with E-state index in [2.05, 4.69) is 11.8 Å². The second-order valence-electron chi connectivity index (χ2n) is 4.76. The van der Waals surface area contributed by atoms with Gasteiger partial charge < -0.3 is 0 Å². The van der Waals surface area contributed by atoms with Crippen LogP contribution in [0.4, 0.5) is 0 Å². The first-order valence-electron chi connectivity index (χ1n) is 5.07. The Hall–Kier alpha value is -0.0400. The second-order valence-corrected chi connectivity index (χ2v) is 4.76. The second kappa shape index (κ2) is 1.82. The summed E-state index contributed by atoms with van der Waals surface area (Å²) >= 11 is 0. The van der Waals surface area contributed by atoms with Crippen LogP contribution in [0.3, 0.4) is 0 Å². The monoisotopic (exact) mass is 151 g/mol. The summed E-state index contributed by atoms with van der Waals surface area (Å²) in [6.07, 6.45) is 6.04. The molecule has 2 heterocycles. The molecule has 0 bridgehead atoms. The molecule has 1 aliphatic carbocycles. The quantitative estimate of drug-likeness (QED) is 0.511. The van der Waals surface area contributed by atoms with Crippen molar-refractivity contribution >= 4 is 0 Å². The van der Waals surface area contributed by atoms with Gasteiger partial charge in [-0.15, -0.1) is 0 Å². The predicted molar refractivity (Wildman–Crippen MR) is 45.4 cm³/mol. The fraction of sp³-hybridized carbons (Fsp3) is 1.00. The summed E-state index contributed by atoms with van der Waals surface area (Å²) in [7, 11) is 0. The Morgan fingerprint density at radius 3 is 2.09 bits per heavy atom. The van der Waals surface area contributed by atoms with Crippen LogP contribution in [0.5, 0.6) is 0 Å². The topological polar surface area (TPSA) is 3.24 Å². The smallest absolute Gasteiger partial charge is 0.0238 e. The van der Waals surface area contributed by atoms with E-state index in [1.807, 2.05) is 0 Å². The van der Waals surface area contributed by atoms with Crippen molar-refractivity contribution in [2.45, 2.75) is 38.1 Å². The van der Waals surface area contributed by atoms with Crippen LogP contribution in [0.2, 0.25) is 0 Å². The maximum absolute atomic E-state index is 2.76. The highest BCUT2D eigenvalue weighted by Crippen LogP contribution is 2.55. The molecular weight excluding hydrogens is 134 g/mol. The Bertz CT molecular complexity index is 144. The molecule has 2 saturated heterocycles. The van der Waals surface area contributed by atoms with Gasteiger partial charge in [-0.3, -0.25) is 4.90 Å². The standard InChI is InChI=1S/C10H17N/c1-10-8-2-3-9(10)5-7-11(10)6-4-8/h8-9H,2-7H2,1H3/t8-,9+,10?. The van der Waals surface area contributed by atoms with Crippen LogP contribution in [-0.4, -0.2) is 23.5 Å². The minimum absolute atomic E-state index is 0.667. The lowest BCUT2D eigenvalue weighted by molar-refractivity contribution is 0.167. The first-order valence-corrected chi connectivity index (χ1v) is 5.07. The largest absolute Gasteiger partial charge is 0.297 e. The molecule has 1 unspecified atom stereocenters. The number of hydrogen-bond acceptors (Lipinski definition) is 1. The predicted octanol–water partition coefficient (Wildman–Crippen LogP) is 1.88. The molecule has 1 nitrogen and oxygen atoms in total. The molecule has 1 saturated carbocycles. The lowest BCUT2D eigenvalue weighted by atomic mass is 9.85. The maximum atomic E-state index is 2.76. The van der Waals surface area contributed by atoms with Gasteiger partial charge in [0.2, 0.25) is 0 Å². The molecule has 0 spiro atoms. The third kappa shape index (κ3) is 0.581. The molecule has 3 rings (SSSR count). The van der Waals surface area contributed by atoms with Crippen LogP contribution in [0, 0.1) is 11.8 Å². The summed E-state index contributed by atoms with van der Waals surface area (Å²) in [4.78, 5) is 2.76. The first kappa shape index (κ1) is 6.47. The third-order valence-electron chi connectivity index (χ3n) is 4.69. The Balaban J connectivity index is 2.04. The zero-order valence-electron chi connectivity index (χ0n) is 7.34. The van der Waals surface area contributed by atoms with E-state index in [9.17, 15) is 0 Å². The van der Waals surface area contributed by atoms with Crippen molar-refractivity contribution in [3.8, 4) is 0 Å². The molecule has 0 aromatic heterocycles. The zero-order chi connectivity index (χ0) is 7.47. The van der Waals surface area contributed by atoms with Gasteiger partial charge in [0.1, 0.15) is 0 Å². The molecular formula is C10H17N. The van der Waals surface area contributed by atoms with E-state index < -0.39 is 0 Å². The average Bonchev–Trinajstić information content (AvgIpc) is 2.53. The summed E-state index contributed by atoms with van der Waals surface area (Å²) in [5, 5.41) is 0. The molecule has 11 heavy (non-hydrogen) atoms. The van der Waals surface area contributed by atoms with Crippen LogP contribution < -0.4 is 0 Å². The molecule has 0 aromatic rings. The van der Waals surface area contributed by atoms with Crippen LogP contribution in [-0.2, 0) is 0 Å². The zero-order valence-corrected chi connectivity index (χ0v) is 7.34. The summed E-state index contributed by atoms with van der Waals surface area (Å²) < 4.78 is 0. The van der Waals surface area contributed by atoms with E-state index in [0.717, 1.165) is 11.8 Å². The normalized spacial score (nSPS) is 55.4. The average molecular weight is 151 g/mol. The van der Waals surface area contributed by atoms with E-state index in [4.69, 9.17) is 0 Å². The van der Waals surface area contributed by atoms with Crippen LogP contribution >= 0.6 is 0 Å². The van der Waals surface area contributed by atoms with Gasteiger partial charge in [-0.05, 0) is 57.5 Å². The summed E-state index contributed by atoms with van der Waals surface area (Å²) in [5.74, 6) is 2.13. The van der Waals surface area contributed by atoms with E-state index in [1.165, 1.54) is 38.8 Å². The number of hydrogen-bond donors (Lipinski definition) is 0. The van der Waals surface area contributed by atoms with Gasteiger partial charge in [0.05, 0.1) is 0 Å². The summed E-state index contributed by atoms with van der Waals surface area (Å²) in [6, 6.07) is 0. The Morgan fingerprint density at radius 1 is 1.00 bits per heavy atom. The van der Waals surface area contributed by atoms with Crippen LogP contribution in [0.15, 0.2) is 0 Å². The van der Waals surface area contributed by atoms with E-state index in [-0.39, 0.29) is 0 Å². The molecule has 0 aromatic carbocycles. The molecule has 1 heteroatoms. The molecule has 0 N–H and O–H groups in total. The van der Waals surface area contributed by atoms with E-state index in [0.29, 0.717) is 5.54 Å². The molecule has 3 aliphatic rings. The van der Waals surface area contributed by atoms with E-state index >= 15 is 0 Å². The van der Waals surface area contributed by atoms with Crippen molar-refractivity contribution in [3.63, 3.8) is 0 Å². The third-order valence-corrected chi connectivity index (χ3v) is 4.69. The van der Waals surface area contributed by atoms with Gasteiger partial charge in [0.15, 0.2) is 0 Å². The highest BCUT2D eigenvalue weighted by molar-refractivity contribution is 5.10. The van der Waals surface area contributed by atoms with Gasteiger partial charge in [-0.25, -0.2) is 0 Å². The van der Waals surface area contributed by atoms with Crippen molar-refractivity contribution in [1.82, 2.24) is 4.90 Å². The van der Waals surface area contributed by atoms with Gasteiger partial charge in [-0.2, -0.15) is 0 Å². The van der Waals surface area contributed by atoms with Crippen LogP contribution in [0.25, 0.3) is 0 Å². The lowest BCUT2D eigenvalue weighted by Crippen LogP contribution is -2.40. The molecule has 0 radical (unpaired) electrons. The van der Waals surface area contributed by atoms with Gasteiger partial charge >= 0.3 is 0 Å². The van der Waals surface area contributed by atoms with Gasteiger partial charge in [0.25, 0.3) is 0 Å². The fourth-order valence-corrected chi connectivity index (χ4v) is 3.93. The highest BCUT2D eigenvalue weighted by Gasteiger charge is 2.56. The fourth-order valence-electron chi connectivity index (χ4n) is 3.93. The van der Waals surface area contributed by atoms with E-state index in [1.54, 1.807) is 0 Å². The minimum atomic E-state index is 0.667. The molecule has 0 amide bonds. The summed E-state index contributed by atoms with van der Waals surface area (Å²) in [5.41, 5.74) is 0.667. The van der Waals surface area contributed by atoms with Crippen molar-refractivity contribution in [2.24, 2.45) is 11.8 Å². The minimum Gasteiger partial charge on any atom is -0.297 e. The summed E-state index contributed by atoms with van der Waals surface area (Å²) in [6.45, 7) is 5.32. The number of rotatable bonds is 0. The number of nitrogens with zero attached hydrogens (tertiary/aromatic N) is 1. The molecule has 3 atom stereocenters. The Kier molecular flexibility index (Phi) is 1.07. The Morgan fingerprint density at radius 2 is 1.55 bits per heavy atom. The van der Waals surface area contributed by atoms with Crippen molar-refractivity contribution in [1.29, 1.82) is 0 Å². The Labute approximate surface area is 68.8 Å². The highest BCUT2D eigenvalue weighted by atomic mass is 15.3. The van der Waals surface area contributed by atoms with Crippen molar-refractivity contribution < 1.29 is 0 Å². The van der Waals surface area contributed by atoms with Gasteiger partial charge in [-0.1, -0.05) is 0 Å². The van der Waals surface area contributed by atoms with Crippen molar-refractivity contribution in [3.05, 3.63) is 0 Å².